The zero-order valence-electron chi connectivity index (χ0n) is 18.2. The van der Waals surface area contributed by atoms with Gasteiger partial charge in [-0.05, 0) is 49.1 Å². The van der Waals surface area contributed by atoms with Crippen molar-refractivity contribution in [2.45, 2.75) is 25.7 Å². The van der Waals surface area contributed by atoms with E-state index in [1.165, 1.54) is 11.8 Å². The Morgan fingerprint density at radius 2 is 2.03 bits per heavy atom. The van der Waals surface area contributed by atoms with E-state index in [1.807, 2.05) is 6.07 Å². The van der Waals surface area contributed by atoms with Gasteiger partial charge in [0.05, 0.1) is 12.6 Å². The molecule has 1 aliphatic heterocycles. The summed E-state index contributed by atoms with van der Waals surface area (Å²) in [5.74, 6) is 1.06. The highest BCUT2D eigenvalue weighted by Crippen LogP contribution is 2.55. The van der Waals surface area contributed by atoms with Crippen LogP contribution in [-0.2, 0) is 10.2 Å². The molecule has 3 N–H and O–H groups in total. The van der Waals surface area contributed by atoms with Gasteiger partial charge < -0.3 is 19.5 Å². The van der Waals surface area contributed by atoms with Crippen LogP contribution >= 0.6 is 0 Å². The molecule has 1 amide bonds. The Kier molecular flexibility index (Phi) is 6.48. The number of nitrogens with one attached hydrogen (secondary N) is 2. The number of amides is 1. The van der Waals surface area contributed by atoms with Crippen LogP contribution in [0.5, 0.6) is 11.5 Å². The maximum absolute atomic E-state index is 12.8. The van der Waals surface area contributed by atoms with E-state index >= 15 is 0 Å². The SMILES string of the molecule is COc1cc2nccc(N3CCC(C4(CNS(=O)(=O)NC(=O)O)CC4)CC3)c2cc1OCF. The number of carboxylic acid groups (broad SMARTS) is 1. The van der Waals surface area contributed by atoms with Crippen molar-refractivity contribution in [3.8, 4) is 11.5 Å². The second-order valence-corrected chi connectivity index (χ2v) is 9.96. The Labute approximate surface area is 191 Å². The number of carbonyl (C=O) groups is 1. The molecule has 1 saturated heterocycles. The molecule has 0 bridgehead atoms. The molecule has 10 nitrogen and oxygen atoms in total. The topological polar surface area (TPSA) is 130 Å². The summed E-state index contributed by atoms with van der Waals surface area (Å²) >= 11 is 0. The van der Waals surface area contributed by atoms with E-state index in [0.29, 0.717) is 17.4 Å². The second-order valence-electron chi connectivity index (χ2n) is 8.46. The number of pyridine rings is 1. The third-order valence-corrected chi connectivity index (χ3v) is 7.61. The van der Waals surface area contributed by atoms with Gasteiger partial charge in [0.15, 0.2) is 11.5 Å². The van der Waals surface area contributed by atoms with Crippen LogP contribution in [0.4, 0.5) is 14.9 Å². The lowest BCUT2D eigenvalue weighted by Crippen LogP contribution is -2.45. The first-order valence-corrected chi connectivity index (χ1v) is 12.2. The number of rotatable bonds is 9. The molecule has 12 heteroatoms. The van der Waals surface area contributed by atoms with E-state index in [1.54, 1.807) is 18.3 Å². The maximum Gasteiger partial charge on any atom is 0.419 e. The van der Waals surface area contributed by atoms with Crippen LogP contribution in [0.1, 0.15) is 25.7 Å². The van der Waals surface area contributed by atoms with Crippen molar-refractivity contribution in [2.24, 2.45) is 11.3 Å². The zero-order chi connectivity index (χ0) is 23.6. The Balaban J connectivity index is 1.46. The Morgan fingerprint density at radius 3 is 2.64 bits per heavy atom. The van der Waals surface area contributed by atoms with Crippen LogP contribution in [0, 0.1) is 11.3 Å². The molecule has 1 aromatic heterocycles. The summed E-state index contributed by atoms with van der Waals surface area (Å²) in [6.07, 6.45) is 3.70. The standard InChI is InChI=1S/C21H27FN4O6S/c1-31-18-11-16-15(10-19(18)32-13-22)17(2-7-23-16)26-8-3-14(4-9-26)21(5-6-21)12-24-33(29,30)25-20(27)28/h2,7,10-11,14,24-25H,3-6,8-9,12-13H2,1H3,(H,27,28). The van der Waals surface area contributed by atoms with Gasteiger partial charge in [0.1, 0.15) is 0 Å². The third-order valence-electron chi connectivity index (χ3n) is 6.64. The fraction of sp³-hybridized carbons (Fsp3) is 0.524. The molecule has 2 aromatic rings. The van der Waals surface area contributed by atoms with Gasteiger partial charge in [-0.15, -0.1) is 0 Å². The number of methoxy groups -OCH3 is 1. The zero-order valence-corrected chi connectivity index (χ0v) is 19.0. The third kappa shape index (κ3) is 5.06. The van der Waals surface area contributed by atoms with Gasteiger partial charge in [0.2, 0.25) is 6.86 Å². The molecule has 0 radical (unpaired) electrons. The summed E-state index contributed by atoms with van der Waals surface area (Å²) in [6.45, 7) is 0.812. The summed E-state index contributed by atoms with van der Waals surface area (Å²) in [7, 11) is -2.58. The predicted molar refractivity (Wildman–Crippen MR) is 120 cm³/mol. The lowest BCUT2D eigenvalue weighted by molar-refractivity contribution is 0.185. The fourth-order valence-corrected chi connectivity index (χ4v) is 5.54. The highest BCUT2D eigenvalue weighted by atomic mass is 32.2. The lowest BCUT2D eigenvalue weighted by atomic mass is 9.81. The number of anilines is 1. The number of halogens is 1. The van der Waals surface area contributed by atoms with Crippen LogP contribution in [0.3, 0.4) is 0 Å². The summed E-state index contributed by atoms with van der Waals surface area (Å²) < 4.78 is 50.7. The highest BCUT2D eigenvalue weighted by Gasteiger charge is 2.50. The summed E-state index contributed by atoms with van der Waals surface area (Å²) in [5.41, 5.74) is 1.56. The summed E-state index contributed by atoms with van der Waals surface area (Å²) in [6, 6.07) is 5.40. The number of aromatic nitrogens is 1. The largest absolute Gasteiger partial charge is 0.493 e. The van der Waals surface area contributed by atoms with Gasteiger partial charge in [-0.25, -0.2) is 13.9 Å². The molecule has 0 spiro atoms. The summed E-state index contributed by atoms with van der Waals surface area (Å²) in [5, 5.41) is 9.50. The molecule has 1 saturated carbocycles. The molecule has 0 atom stereocenters. The van der Waals surface area contributed by atoms with Crippen molar-refractivity contribution < 1.29 is 32.2 Å². The first kappa shape index (κ1) is 23.3. The molecule has 1 aromatic carbocycles. The minimum absolute atomic E-state index is 0.130. The average Bonchev–Trinajstić information content (AvgIpc) is 3.58. The van der Waals surface area contributed by atoms with Gasteiger partial charge in [0.25, 0.3) is 0 Å². The first-order valence-electron chi connectivity index (χ1n) is 10.7. The number of fused-ring (bicyclic) bond motifs is 1. The number of hydrogen-bond acceptors (Lipinski definition) is 7. The summed E-state index contributed by atoms with van der Waals surface area (Å²) in [4.78, 5) is 17.3. The molecule has 0 unspecified atom stereocenters. The Morgan fingerprint density at radius 1 is 1.30 bits per heavy atom. The molecule has 4 rings (SSSR count). The quantitative estimate of drug-likeness (QED) is 0.497. The van der Waals surface area contributed by atoms with Gasteiger partial charge in [-0.3, -0.25) is 4.98 Å². The van der Waals surface area contributed by atoms with Crippen LogP contribution < -0.4 is 23.8 Å². The molecular formula is C21H27FN4O6S. The van der Waals surface area contributed by atoms with Gasteiger partial charge >= 0.3 is 16.3 Å². The van der Waals surface area contributed by atoms with Crippen LogP contribution in [0.15, 0.2) is 24.4 Å². The van der Waals surface area contributed by atoms with Gasteiger partial charge in [-0.1, -0.05) is 0 Å². The predicted octanol–water partition coefficient (Wildman–Crippen LogP) is 2.65. The van der Waals surface area contributed by atoms with Crippen LogP contribution in [0.25, 0.3) is 10.9 Å². The number of benzene rings is 1. The van der Waals surface area contributed by atoms with E-state index in [9.17, 15) is 17.6 Å². The van der Waals surface area contributed by atoms with Crippen LogP contribution in [-0.4, -0.2) is 58.2 Å². The van der Waals surface area contributed by atoms with E-state index < -0.39 is 23.2 Å². The number of alkyl halides is 1. The second kappa shape index (κ2) is 9.18. The van der Waals surface area contributed by atoms with E-state index in [4.69, 9.17) is 14.6 Å². The van der Waals surface area contributed by atoms with Crippen LogP contribution in [0.2, 0.25) is 0 Å². The number of ether oxygens (including phenoxy) is 2. The number of nitrogens with zero attached hydrogens (tertiary/aromatic N) is 2. The Bertz CT molecular complexity index is 1130. The van der Waals surface area contributed by atoms with Crippen molar-refractivity contribution >= 4 is 32.9 Å². The van der Waals surface area contributed by atoms with E-state index in [0.717, 1.165) is 55.4 Å². The van der Waals surface area contributed by atoms with Crippen molar-refractivity contribution in [3.63, 3.8) is 0 Å². The van der Waals surface area contributed by atoms with Crippen molar-refractivity contribution in [1.29, 1.82) is 0 Å². The first-order chi connectivity index (χ1) is 15.8. The molecule has 2 fully saturated rings. The Hall–Kier alpha value is -2.86. The monoisotopic (exact) mass is 482 g/mol. The maximum atomic E-state index is 12.8. The molecule has 2 aliphatic rings. The molecule has 33 heavy (non-hydrogen) atoms. The van der Waals surface area contributed by atoms with Crippen molar-refractivity contribution in [3.05, 3.63) is 24.4 Å². The minimum atomic E-state index is -4.07. The van der Waals surface area contributed by atoms with E-state index in [2.05, 4.69) is 14.6 Å². The fourth-order valence-electron chi connectivity index (χ4n) is 4.76. The average molecular weight is 483 g/mol. The number of piperidine rings is 1. The number of hydrogen-bond donors (Lipinski definition) is 3. The molecule has 180 valence electrons. The van der Waals surface area contributed by atoms with Crippen molar-refractivity contribution in [1.82, 2.24) is 14.4 Å². The molecule has 1 aliphatic carbocycles. The highest BCUT2D eigenvalue weighted by molar-refractivity contribution is 7.88. The minimum Gasteiger partial charge on any atom is -0.493 e. The normalized spacial score (nSPS) is 18.2. The van der Waals surface area contributed by atoms with E-state index in [-0.39, 0.29) is 12.0 Å². The smallest absolute Gasteiger partial charge is 0.419 e. The lowest BCUT2D eigenvalue weighted by Gasteiger charge is -2.38. The van der Waals surface area contributed by atoms with Gasteiger partial charge in [-0.2, -0.15) is 13.1 Å². The molecule has 2 heterocycles. The molecular weight excluding hydrogens is 455 g/mol. The van der Waals surface area contributed by atoms with Crippen molar-refractivity contribution in [2.75, 3.05) is 38.5 Å². The van der Waals surface area contributed by atoms with Gasteiger partial charge in [0, 0.05) is 43.0 Å².